The molecule has 184 valence electrons. The zero-order valence-corrected chi connectivity index (χ0v) is 20.2. The Hall–Kier alpha value is -2.88. The van der Waals surface area contributed by atoms with Gasteiger partial charge in [0.25, 0.3) is 10.0 Å². The monoisotopic (exact) mass is 520 g/mol. The molecule has 2 aliphatic heterocycles. The zero-order valence-electron chi connectivity index (χ0n) is 18.7. The van der Waals surface area contributed by atoms with E-state index in [2.05, 4.69) is 0 Å². The molecule has 0 saturated carbocycles. The molecule has 0 N–H and O–H groups in total. The van der Waals surface area contributed by atoms with Gasteiger partial charge in [0, 0.05) is 42.3 Å². The second kappa shape index (κ2) is 9.64. The molecule has 2 aliphatic rings. The van der Waals surface area contributed by atoms with Gasteiger partial charge < -0.3 is 9.47 Å². The lowest BCUT2D eigenvalue weighted by atomic mass is 10.0. The number of sulfonamides is 1. The van der Waals surface area contributed by atoms with Crippen molar-refractivity contribution in [3.05, 3.63) is 82.9 Å². The Morgan fingerprint density at radius 1 is 0.943 bits per heavy atom. The number of anilines is 1. The van der Waals surface area contributed by atoms with Gasteiger partial charge in [-0.05, 0) is 61.4 Å². The van der Waals surface area contributed by atoms with E-state index in [-0.39, 0.29) is 29.8 Å². The van der Waals surface area contributed by atoms with Crippen LogP contribution in [0.2, 0.25) is 5.02 Å². The van der Waals surface area contributed by atoms with E-state index in [4.69, 9.17) is 21.1 Å². The first kappa shape index (κ1) is 23.8. The molecule has 3 aromatic carbocycles. The quantitative estimate of drug-likeness (QED) is 0.447. The van der Waals surface area contributed by atoms with Crippen LogP contribution in [0.3, 0.4) is 0 Å². The van der Waals surface area contributed by atoms with Gasteiger partial charge in [0.1, 0.15) is 11.6 Å². The molecule has 35 heavy (non-hydrogen) atoms. The first-order chi connectivity index (χ1) is 16.8. The highest BCUT2D eigenvalue weighted by molar-refractivity contribution is 7.92. The SMILES string of the molecule is O=S(=O)(c1ccc(Cl)cc1)N(c1ccc2c(c1)OCO2)C1CCN(Cc2c(F)cccc2F)CC1. The summed E-state index contributed by atoms with van der Waals surface area (Å²) in [7, 11) is -3.94. The minimum Gasteiger partial charge on any atom is -0.454 e. The summed E-state index contributed by atoms with van der Waals surface area (Å²) < 4.78 is 68.1. The Labute approximate surface area is 207 Å². The Morgan fingerprint density at radius 2 is 1.60 bits per heavy atom. The second-order valence-electron chi connectivity index (χ2n) is 8.50. The molecule has 1 saturated heterocycles. The molecular weight excluding hydrogens is 498 g/mol. The number of nitrogens with zero attached hydrogens (tertiary/aromatic N) is 2. The highest BCUT2D eigenvalue weighted by Gasteiger charge is 2.35. The van der Waals surface area contributed by atoms with Crippen LogP contribution >= 0.6 is 11.6 Å². The first-order valence-corrected chi connectivity index (χ1v) is 13.0. The summed E-state index contributed by atoms with van der Waals surface area (Å²) in [4.78, 5) is 2.06. The summed E-state index contributed by atoms with van der Waals surface area (Å²) in [5.74, 6) is -0.135. The minimum absolute atomic E-state index is 0.0207. The van der Waals surface area contributed by atoms with Crippen LogP contribution in [0, 0.1) is 11.6 Å². The van der Waals surface area contributed by atoms with Crippen molar-refractivity contribution in [1.29, 1.82) is 0 Å². The molecule has 0 atom stereocenters. The second-order valence-corrected chi connectivity index (χ2v) is 10.8. The molecule has 0 radical (unpaired) electrons. The lowest BCUT2D eigenvalue weighted by Gasteiger charge is -2.39. The molecule has 10 heteroatoms. The van der Waals surface area contributed by atoms with Crippen LogP contribution in [0.15, 0.2) is 65.6 Å². The normalized spacial score (nSPS) is 16.4. The largest absolute Gasteiger partial charge is 0.454 e. The fourth-order valence-electron chi connectivity index (χ4n) is 4.51. The maximum Gasteiger partial charge on any atom is 0.264 e. The Balaban J connectivity index is 1.42. The van der Waals surface area contributed by atoms with Crippen LogP contribution in [0.5, 0.6) is 11.5 Å². The summed E-state index contributed by atoms with van der Waals surface area (Å²) in [6, 6.07) is 14.5. The van der Waals surface area contributed by atoms with E-state index in [1.54, 1.807) is 18.2 Å². The number of hydrogen-bond acceptors (Lipinski definition) is 5. The van der Waals surface area contributed by atoms with Crippen LogP contribution in [-0.2, 0) is 16.6 Å². The third-order valence-corrected chi connectivity index (χ3v) is 8.46. The maximum atomic E-state index is 14.1. The van der Waals surface area contributed by atoms with E-state index < -0.39 is 21.7 Å². The molecule has 2 heterocycles. The highest BCUT2D eigenvalue weighted by atomic mass is 35.5. The van der Waals surface area contributed by atoms with Crippen LogP contribution in [0.4, 0.5) is 14.5 Å². The van der Waals surface area contributed by atoms with Gasteiger partial charge in [-0.2, -0.15) is 0 Å². The molecule has 3 aromatic rings. The summed E-state index contributed by atoms with van der Waals surface area (Å²) in [5, 5.41) is 0.437. The molecule has 0 bridgehead atoms. The Morgan fingerprint density at radius 3 is 2.29 bits per heavy atom. The number of halogens is 3. The van der Waals surface area contributed by atoms with Crippen molar-refractivity contribution < 1.29 is 26.7 Å². The topological polar surface area (TPSA) is 59.1 Å². The fourth-order valence-corrected chi connectivity index (χ4v) is 6.33. The standard InChI is InChI=1S/C25H23ClF2N2O4S/c26-17-4-7-20(8-5-17)35(31,32)30(19-6-9-24-25(14-19)34-16-33-24)18-10-12-29(13-11-18)15-21-22(27)2-1-3-23(21)28/h1-9,14,18H,10-13,15-16H2. The number of fused-ring (bicyclic) bond motifs is 1. The van der Waals surface area contributed by atoms with E-state index in [1.807, 2.05) is 4.90 Å². The molecule has 6 nitrogen and oxygen atoms in total. The van der Waals surface area contributed by atoms with Crippen LogP contribution in [-0.4, -0.2) is 39.2 Å². The summed E-state index contributed by atoms with van der Waals surface area (Å²) in [5.41, 5.74) is 0.482. The van der Waals surface area contributed by atoms with E-state index in [0.717, 1.165) is 0 Å². The van der Waals surface area contributed by atoms with Crippen LogP contribution < -0.4 is 13.8 Å². The molecule has 1 fully saturated rings. The van der Waals surface area contributed by atoms with Gasteiger partial charge in [-0.1, -0.05) is 17.7 Å². The number of likely N-dealkylation sites (tertiary alicyclic amines) is 1. The summed E-state index contributed by atoms with van der Waals surface area (Å²) in [6.45, 7) is 1.16. The molecule has 0 spiro atoms. The van der Waals surface area contributed by atoms with Crippen molar-refractivity contribution in [2.24, 2.45) is 0 Å². The first-order valence-electron chi connectivity index (χ1n) is 11.2. The van der Waals surface area contributed by atoms with Gasteiger partial charge in [-0.15, -0.1) is 0 Å². The summed E-state index contributed by atoms with van der Waals surface area (Å²) >= 11 is 5.98. The highest BCUT2D eigenvalue weighted by Crippen LogP contribution is 2.39. The predicted octanol–water partition coefficient (Wildman–Crippen LogP) is 5.21. The van der Waals surface area contributed by atoms with Crippen molar-refractivity contribution in [3.8, 4) is 11.5 Å². The van der Waals surface area contributed by atoms with Crippen molar-refractivity contribution >= 4 is 27.3 Å². The van der Waals surface area contributed by atoms with Crippen LogP contribution in [0.25, 0.3) is 0 Å². The number of hydrogen-bond donors (Lipinski definition) is 0. The Bertz CT molecular complexity index is 1310. The average Bonchev–Trinajstić information content (AvgIpc) is 3.31. The van der Waals surface area contributed by atoms with E-state index in [0.29, 0.717) is 48.1 Å². The lowest BCUT2D eigenvalue weighted by Crippen LogP contribution is -2.47. The van der Waals surface area contributed by atoms with Gasteiger partial charge in [0.15, 0.2) is 11.5 Å². The van der Waals surface area contributed by atoms with E-state index in [9.17, 15) is 17.2 Å². The van der Waals surface area contributed by atoms with E-state index in [1.165, 1.54) is 46.8 Å². The van der Waals surface area contributed by atoms with Gasteiger partial charge in [-0.3, -0.25) is 9.21 Å². The molecule has 0 aliphatic carbocycles. The van der Waals surface area contributed by atoms with Gasteiger partial charge in [0.2, 0.25) is 6.79 Å². The molecule has 5 rings (SSSR count). The minimum atomic E-state index is -3.94. The predicted molar refractivity (Wildman–Crippen MR) is 128 cm³/mol. The molecule has 0 aromatic heterocycles. The average molecular weight is 521 g/mol. The zero-order chi connectivity index (χ0) is 24.6. The third kappa shape index (κ3) is 4.80. The number of ether oxygens (including phenoxy) is 2. The number of benzene rings is 3. The Kier molecular flexibility index (Phi) is 6.57. The smallest absolute Gasteiger partial charge is 0.264 e. The maximum absolute atomic E-state index is 14.1. The molecule has 0 amide bonds. The third-order valence-electron chi connectivity index (χ3n) is 6.31. The molecular formula is C25H23ClF2N2O4S. The summed E-state index contributed by atoms with van der Waals surface area (Å²) in [6.07, 6.45) is 0.967. The number of piperidine rings is 1. The van der Waals surface area contributed by atoms with Crippen LogP contribution in [0.1, 0.15) is 18.4 Å². The van der Waals surface area contributed by atoms with Gasteiger partial charge in [-0.25, -0.2) is 17.2 Å². The van der Waals surface area contributed by atoms with Gasteiger partial charge in [0.05, 0.1) is 10.6 Å². The van der Waals surface area contributed by atoms with Crippen molar-refractivity contribution in [2.75, 3.05) is 24.2 Å². The van der Waals surface area contributed by atoms with E-state index >= 15 is 0 Å². The van der Waals surface area contributed by atoms with Crippen molar-refractivity contribution in [2.45, 2.75) is 30.3 Å². The number of rotatable bonds is 6. The lowest BCUT2D eigenvalue weighted by molar-refractivity contribution is 0.174. The fraction of sp³-hybridized carbons (Fsp3) is 0.280. The van der Waals surface area contributed by atoms with Crippen molar-refractivity contribution in [1.82, 2.24) is 4.90 Å². The molecule has 0 unspecified atom stereocenters. The van der Waals surface area contributed by atoms with Gasteiger partial charge >= 0.3 is 0 Å². The van der Waals surface area contributed by atoms with Crippen molar-refractivity contribution in [3.63, 3.8) is 0 Å².